The molecule has 0 saturated heterocycles. The molecule has 0 aliphatic carbocycles. The molecule has 0 atom stereocenters. The lowest BCUT2D eigenvalue weighted by molar-refractivity contribution is 1.51. The fraction of sp³-hybridized carbons (Fsp3) is 0. The highest BCUT2D eigenvalue weighted by atomic mass is 127. The lowest BCUT2D eigenvalue weighted by atomic mass is 10.2. The van der Waals surface area contributed by atoms with Gasteiger partial charge in [-0.1, -0.05) is 0 Å². The Balaban J connectivity index is 2.94. The molecule has 0 amide bonds. The Kier molecular flexibility index (Phi) is 2.76. The molecule has 13 heavy (non-hydrogen) atoms. The minimum absolute atomic E-state index is 0.781. The molecule has 0 spiro atoms. The van der Waals surface area contributed by atoms with E-state index in [1.54, 1.807) is 11.3 Å². The van der Waals surface area contributed by atoms with Crippen LogP contribution in [0.2, 0.25) is 0 Å². The van der Waals surface area contributed by atoms with E-state index in [4.69, 9.17) is 5.26 Å². The van der Waals surface area contributed by atoms with Crippen molar-refractivity contribution in [2.24, 2.45) is 0 Å². The van der Waals surface area contributed by atoms with Crippen molar-refractivity contribution < 1.29 is 0 Å². The molecule has 1 heterocycles. The summed E-state index contributed by atoms with van der Waals surface area (Å²) in [4.78, 5) is 0. The van der Waals surface area contributed by atoms with E-state index in [1.807, 2.05) is 12.1 Å². The third-order valence-electron chi connectivity index (χ3n) is 1.72. The Morgan fingerprint density at radius 3 is 2.77 bits per heavy atom. The van der Waals surface area contributed by atoms with Crippen molar-refractivity contribution in [2.75, 3.05) is 0 Å². The lowest BCUT2D eigenvalue weighted by Crippen LogP contribution is -1.76. The van der Waals surface area contributed by atoms with Gasteiger partial charge in [0.25, 0.3) is 0 Å². The molecule has 0 N–H and O–H groups in total. The molecule has 1 aromatic carbocycles. The molecular formula is C9H3I2NS. The van der Waals surface area contributed by atoms with E-state index in [0.717, 1.165) is 10.3 Å². The number of halogens is 2. The SMILES string of the molecule is N#Cc1ccc(I)c2cc(I)sc12. The second-order valence-electron chi connectivity index (χ2n) is 2.50. The van der Waals surface area contributed by atoms with Crippen LogP contribution in [0.4, 0.5) is 0 Å². The number of rotatable bonds is 0. The van der Waals surface area contributed by atoms with Crippen LogP contribution in [0.15, 0.2) is 18.2 Å². The number of hydrogen-bond acceptors (Lipinski definition) is 2. The van der Waals surface area contributed by atoms with E-state index in [0.29, 0.717) is 0 Å². The van der Waals surface area contributed by atoms with Gasteiger partial charge in [0.2, 0.25) is 0 Å². The lowest BCUT2D eigenvalue weighted by Gasteiger charge is -1.94. The third-order valence-corrected chi connectivity index (χ3v) is 4.59. The third kappa shape index (κ3) is 1.69. The predicted octanol–water partition coefficient (Wildman–Crippen LogP) is 3.98. The van der Waals surface area contributed by atoms with E-state index in [1.165, 1.54) is 11.8 Å². The van der Waals surface area contributed by atoms with Gasteiger partial charge in [0.15, 0.2) is 0 Å². The van der Waals surface area contributed by atoms with Gasteiger partial charge in [-0.15, -0.1) is 11.3 Å². The highest BCUT2D eigenvalue weighted by Gasteiger charge is 2.07. The number of fused-ring (bicyclic) bond motifs is 1. The van der Waals surface area contributed by atoms with Crippen molar-refractivity contribution in [1.82, 2.24) is 0 Å². The van der Waals surface area contributed by atoms with Gasteiger partial charge in [-0.2, -0.15) is 5.26 Å². The van der Waals surface area contributed by atoms with Crippen LogP contribution in [0.1, 0.15) is 5.56 Å². The Labute approximate surface area is 107 Å². The zero-order chi connectivity index (χ0) is 9.42. The van der Waals surface area contributed by atoms with Gasteiger partial charge in [-0.05, 0) is 63.4 Å². The Bertz CT molecular complexity index is 510. The Hall–Kier alpha value is 0.130. The van der Waals surface area contributed by atoms with Crippen LogP contribution in [0, 0.1) is 17.8 Å². The van der Waals surface area contributed by atoms with Crippen LogP contribution >= 0.6 is 56.5 Å². The van der Waals surface area contributed by atoms with Gasteiger partial charge in [0.1, 0.15) is 6.07 Å². The summed E-state index contributed by atoms with van der Waals surface area (Å²) in [5.74, 6) is 0. The van der Waals surface area contributed by atoms with Gasteiger partial charge >= 0.3 is 0 Å². The van der Waals surface area contributed by atoms with Gasteiger partial charge in [0.05, 0.1) is 13.1 Å². The first kappa shape index (κ1) is 9.68. The van der Waals surface area contributed by atoms with Gasteiger partial charge in [-0.25, -0.2) is 0 Å². The van der Waals surface area contributed by atoms with Crippen molar-refractivity contribution in [3.05, 3.63) is 30.2 Å². The van der Waals surface area contributed by atoms with Crippen LogP contribution in [0.3, 0.4) is 0 Å². The molecule has 1 nitrogen and oxygen atoms in total. The molecule has 0 bridgehead atoms. The van der Waals surface area contributed by atoms with Crippen molar-refractivity contribution in [2.45, 2.75) is 0 Å². The molecule has 2 rings (SSSR count). The molecule has 0 fully saturated rings. The summed E-state index contributed by atoms with van der Waals surface area (Å²) in [6.45, 7) is 0. The van der Waals surface area contributed by atoms with E-state index in [2.05, 4.69) is 57.3 Å². The molecular weight excluding hydrogens is 408 g/mol. The smallest absolute Gasteiger partial charge is 0.101 e. The topological polar surface area (TPSA) is 23.8 Å². The largest absolute Gasteiger partial charge is 0.192 e. The summed E-state index contributed by atoms with van der Waals surface area (Å²) < 4.78 is 3.55. The number of nitrogens with zero attached hydrogens (tertiary/aromatic N) is 1. The molecule has 1 aromatic heterocycles. The normalized spacial score (nSPS) is 10.2. The van der Waals surface area contributed by atoms with Gasteiger partial charge in [0, 0.05) is 8.96 Å². The van der Waals surface area contributed by atoms with E-state index in [9.17, 15) is 0 Å². The Morgan fingerprint density at radius 2 is 2.08 bits per heavy atom. The van der Waals surface area contributed by atoms with Crippen LogP contribution in [0.25, 0.3) is 10.1 Å². The molecule has 2 aromatic rings. The maximum absolute atomic E-state index is 8.89. The Morgan fingerprint density at radius 1 is 1.31 bits per heavy atom. The first-order valence-electron chi connectivity index (χ1n) is 3.50. The highest BCUT2D eigenvalue weighted by Crippen LogP contribution is 2.32. The van der Waals surface area contributed by atoms with Crippen LogP contribution < -0.4 is 0 Å². The maximum Gasteiger partial charge on any atom is 0.101 e. The van der Waals surface area contributed by atoms with Gasteiger partial charge < -0.3 is 0 Å². The number of hydrogen-bond donors (Lipinski definition) is 0. The molecule has 0 aliphatic heterocycles. The number of nitriles is 1. The number of benzene rings is 1. The number of thiophene rings is 1. The average molecular weight is 411 g/mol. The minimum Gasteiger partial charge on any atom is -0.192 e. The standard InChI is InChI=1S/C9H3I2NS/c10-7-2-1-5(4-12)9-6(7)3-8(11)13-9/h1-3H. The summed E-state index contributed by atoms with van der Waals surface area (Å²) in [5, 5.41) is 10.1. The summed E-state index contributed by atoms with van der Waals surface area (Å²) in [5.41, 5.74) is 0.781. The monoisotopic (exact) mass is 411 g/mol. The second-order valence-corrected chi connectivity index (χ2v) is 6.61. The summed E-state index contributed by atoms with van der Waals surface area (Å²) in [6, 6.07) is 8.22. The average Bonchev–Trinajstić information content (AvgIpc) is 2.48. The second kappa shape index (κ2) is 3.71. The van der Waals surface area contributed by atoms with Crippen molar-refractivity contribution in [3.8, 4) is 6.07 Å². The van der Waals surface area contributed by atoms with E-state index in [-0.39, 0.29) is 0 Å². The quantitative estimate of drug-likeness (QED) is 0.602. The summed E-state index contributed by atoms with van der Waals surface area (Å²) in [6.07, 6.45) is 0. The first-order chi connectivity index (χ1) is 6.22. The molecule has 0 saturated carbocycles. The van der Waals surface area contributed by atoms with Crippen molar-refractivity contribution in [1.29, 1.82) is 5.26 Å². The van der Waals surface area contributed by atoms with Crippen LogP contribution in [0.5, 0.6) is 0 Å². The zero-order valence-electron chi connectivity index (χ0n) is 6.34. The molecule has 0 aliphatic rings. The van der Waals surface area contributed by atoms with E-state index >= 15 is 0 Å². The van der Waals surface area contributed by atoms with Crippen LogP contribution in [-0.2, 0) is 0 Å². The van der Waals surface area contributed by atoms with Gasteiger partial charge in [-0.3, -0.25) is 0 Å². The molecule has 4 heteroatoms. The van der Waals surface area contributed by atoms with E-state index < -0.39 is 0 Å². The fourth-order valence-electron chi connectivity index (χ4n) is 1.15. The first-order valence-corrected chi connectivity index (χ1v) is 6.47. The molecule has 64 valence electrons. The fourth-order valence-corrected chi connectivity index (χ4v) is 3.78. The zero-order valence-corrected chi connectivity index (χ0v) is 11.5. The highest BCUT2D eigenvalue weighted by molar-refractivity contribution is 14.1. The molecule has 0 radical (unpaired) electrons. The van der Waals surface area contributed by atoms with Crippen molar-refractivity contribution >= 4 is 66.6 Å². The molecule has 0 unspecified atom stereocenters. The predicted molar refractivity (Wildman–Crippen MR) is 72.0 cm³/mol. The summed E-state index contributed by atoms with van der Waals surface area (Å²) in [7, 11) is 0. The minimum atomic E-state index is 0.781. The van der Waals surface area contributed by atoms with Crippen molar-refractivity contribution in [3.63, 3.8) is 0 Å². The maximum atomic E-state index is 8.89. The summed E-state index contributed by atoms with van der Waals surface area (Å²) >= 11 is 6.26. The van der Waals surface area contributed by atoms with Crippen LogP contribution in [-0.4, -0.2) is 0 Å².